The standard InChI is InChI=1S/C72H126O6/c1-4-7-10-13-16-19-22-25-27-29-31-33-34-35-36-37-38-40-41-43-45-47-50-53-56-59-62-65-71(74)77-68-69(67-76-70(73)64-61-58-55-52-49-24-21-18-15-12-9-6-3)78-72(75)66-63-60-57-54-51-48-46-44-42-39-32-30-28-26-23-20-17-14-11-8-5-2/h18,21-23,25-26,29-32,34-35,42,44,69H,4-17,19-20,24,27-28,33,36-41,43,45-68H2,1-3H3/b21-18-,25-22-,26-23-,31-29-,32-30-,35-34-,44-42-. The molecule has 0 saturated carbocycles. The fraction of sp³-hybridized carbons (Fsp3) is 0.764. The van der Waals surface area contributed by atoms with Crippen LogP contribution in [0.1, 0.15) is 335 Å². The second kappa shape index (κ2) is 66.1. The maximum atomic E-state index is 12.9. The summed E-state index contributed by atoms with van der Waals surface area (Å²) in [6.07, 6.45) is 87.4. The number of esters is 3. The highest BCUT2D eigenvalue weighted by molar-refractivity contribution is 5.71. The molecule has 450 valence electrons. The van der Waals surface area contributed by atoms with E-state index in [1.807, 2.05) is 0 Å². The van der Waals surface area contributed by atoms with Gasteiger partial charge in [-0.1, -0.05) is 279 Å². The molecule has 78 heavy (non-hydrogen) atoms. The van der Waals surface area contributed by atoms with Crippen molar-refractivity contribution in [3.05, 3.63) is 85.1 Å². The maximum absolute atomic E-state index is 12.9. The van der Waals surface area contributed by atoms with Crippen molar-refractivity contribution in [2.45, 2.75) is 341 Å². The average Bonchev–Trinajstić information content (AvgIpc) is 3.44. The number of hydrogen-bond acceptors (Lipinski definition) is 6. The Kier molecular flexibility index (Phi) is 63.2. The maximum Gasteiger partial charge on any atom is 0.306 e. The van der Waals surface area contributed by atoms with E-state index in [-0.39, 0.29) is 31.1 Å². The minimum absolute atomic E-state index is 0.0843. The van der Waals surface area contributed by atoms with E-state index in [0.717, 1.165) is 103 Å². The predicted molar refractivity (Wildman–Crippen MR) is 339 cm³/mol. The van der Waals surface area contributed by atoms with Gasteiger partial charge in [0, 0.05) is 19.3 Å². The summed E-state index contributed by atoms with van der Waals surface area (Å²) in [5, 5.41) is 0. The highest BCUT2D eigenvalue weighted by Gasteiger charge is 2.19. The van der Waals surface area contributed by atoms with E-state index in [1.54, 1.807) is 0 Å². The van der Waals surface area contributed by atoms with Crippen LogP contribution in [-0.4, -0.2) is 37.2 Å². The first-order chi connectivity index (χ1) is 38.5. The van der Waals surface area contributed by atoms with Gasteiger partial charge in [-0.05, 0) is 122 Å². The third-order valence-corrected chi connectivity index (χ3v) is 14.6. The van der Waals surface area contributed by atoms with Crippen LogP contribution in [-0.2, 0) is 28.6 Å². The van der Waals surface area contributed by atoms with Crippen molar-refractivity contribution in [3.8, 4) is 0 Å². The van der Waals surface area contributed by atoms with E-state index >= 15 is 0 Å². The molecule has 0 aromatic carbocycles. The van der Waals surface area contributed by atoms with Crippen molar-refractivity contribution in [2.75, 3.05) is 13.2 Å². The smallest absolute Gasteiger partial charge is 0.306 e. The Labute approximate surface area is 484 Å². The van der Waals surface area contributed by atoms with E-state index in [9.17, 15) is 14.4 Å². The third kappa shape index (κ3) is 63.4. The van der Waals surface area contributed by atoms with Gasteiger partial charge in [0.15, 0.2) is 6.10 Å². The van der Waals surface area contributed by atoms with Gasteiger partial charge in [0.2, 0.25) is 0 Å². The van der Waals surface area contributed by atoms with Gasteiger partial charge in [-0.15, -0.1) is 0 Å². The number of ether oxygens (including phenoxy) is 3. The molecule has 0 aromatic heterocycles. The highest BCUT2D eigenvalue weighted by Crippen LogP contribution is 2.16. The summed E-state index contributed by atoms with van der Waals surface area (Å²) in [6, 6.07) is 0. The lowest BCUT2D eigenvalue weighted by atomic mass is 10.0. The Morgan fingerprint density at radius 2 is 0.462 bits per heavy atom. The highest BCUT2D eigenvalue weighted by atomic mass is 16.6. The molecule has 0 heterocycles. The van der Waals surface area contributed by atoms with Gasteiger partial charge < -0.3 is 14.2 Å². The van der Waals surface area contributed by atoms with Gasteiger partial charge in [-0.25, -0.2) is 0 Å². The van der Waals surface area contributed by atoms with E-state index in [1.165, 1.54) is 193 Å². The number of carbonyl (C=O) groups is 3. The summed E-state index contributed by atoms with van der Waals surface area (Å²) >= 11 is 0. The Balaban J connectivity index is 4.30. The molecule has 0 rings (SSSR count). The summed E-state index contributed by atoms with van der Waals surface area (Å²) in [5.74, 6) is -0.896. The lowest BCUT2D eigenvalue weighted by Gasteiger charge is -2.18. The van der Waals surface area contributed by atoms with Crippen molar-refractivity contribution < 1.29 is 28.6 Å². The van der Waals surface area contributed by atoms with Gasteiger partial charge in [-0.2, -0.15) is 0 Å². The Morgan fingerprint density at radius 1 is 0.256 bits per heavy atom. The van der Waals surface area contributed by atoms with Gasteiger partial charge in [0.05, 0.1) is 0 Å². The van der Waals surface area contributed by atoms with E-state index < -0.39 is 6.10 Å². The normalized spacial score (nSPS) is 12.6. The number of allylic oxidation sites excluding steroid dienone is 14. The summed E-state index contributed by atoms with van der Waals surface area (Å²) in [7, 11) is 0. The van der Waals surface area contributed by atoms with Crippen molar-refractivity contribution >= 4 is 17.9 Å². The third-order valence-electron chi connectivity index (χ3n) is 14.6. The van der Waals surface area contributed by atoms with Crippen LogP contribution in [0.15, 0.2) is 85.1 Å². The molecule has 0 aromatic rings. The second-order valence-electron chi connectivity index (χ2n) is 22.4. The van der Waals surface area contributed by atoms with Crippen molar-refractivity contribution in [3.63, 3.8) is 0 Å². The van der Waals surface area contributed by atoms with Gasteiger partial charge in [0.1, 0.15) is 13.2 Å². The number of rotatable bonds is 61. The van der Waals surface area contributed by atoms with E-state index in [2.05, 4.69) is 106 Å². The Bertz CT molecular complexity index is 1480. The molecule has 6 heteroatoms. The predicted octanol–water partition coefficient (Wildman–Crippen LogP) is 23.1. The van der Waals surface area contributed by atoms with Crippen LogP contribution in [0.25, 0.3) is 0 Å². The molecular formula is C72H126O6. The minimum Gasteiger partial charge on any atom is -0.462 e. The van der Waals surface area contributed by atoms with Crippen molar-refractivity contribution in [1.29, 1.82) is 0 Å². The quantitative estimate of drug-likeness (QED) is 0.0261. The average molecular weight is 1090 g/mol. The lowest BCUT2D eigenvalue weighted by molar-refractivity contribution is -0.167. The molecule has 0 aliphatic rings. The molecule has 0 aliphatic carbocycles. The van der Waals surface area contributed by atoms with E-state index in [0.29, 0.717) is 19.3 Å². The molecule has 1 atom stereocenters. The molecule has 0 N–H and O–H groups in total. The first kappa shape index (κ1) is 74.6. The fourth-order valence-corrected chi connectivity index (χ4v) is 9.51. The van der Waals surface area contributed by atoms with Crippen LogP contribution in [0, 0.1) is 0 Å². The van der Waals surface area contributed by atoms with E-state index in [4.69, 9.17) is 14.2 Å². The SMILES string of the molecule is CCCCC/C=C\CCCCCCCC(=O)OCC(COC(=O)CCCCCCCCCCCCCC/C=C\C/C=C\C/C=C\CCCCCCC)OC(=O)CCCCCCCC/C=C\C/C=C\C/C=C\CCCCCCC. The largest absolute Gasteiger partial charge is 0.462 e. The molecule has 0 aliphatic heterocycles. The van der Waals surface area contributed by atoms with Crippen LogP contribution in [0.5, 0.6) is 0 Å². The Morgan fingerprint density at radius 3 is 0.756 bits per heavy atom. The van der Waals surface area contributed by atoms with Gasteiger partial charge in [-0.3, -0.25) is 14.4 Å². The number of unbranched alkanes of at least 4 members (excludes halogenated alkanes) is 36. The monoisotopic (exact) mass is 1090 g/mol. The molecule has 6 nitrogen and oxygen atoms in total. The van der Waals surface area contributed by atoms with Gasteiger partial charge in [0.25, 0.3) is 0 Å². The topological polar surface area (TPSA) is 78.9 Å². The molecule has 0 saturated heterocycles. The number of hydrogen-bond donors (Lipinski definition) is 0. The molecular weight excluding hydrogens is 961 g/mol. The summed E-state index contributed by atoms with van der Waals surface area (Å²) in [5.41, 5.74) is 0. The van der Waals surface area contributed by atoms with Crippen LogP contribution < -0.4 is 0 Å². The van der Waals surface area contributed by atoms with Gasteiger partial charge >= 0.3 is 17.9 Å². The van der Waals surface area contributed by atoms with Crippen molar-refractivity contribution in [1.82, 2.24) is 0 Å². The zero-order valence-corrected chi connectivity index (χ0v) is 51.7. The molecule has 0 amide bonds. The molecule has 1 unspecified atom stereocenters. The summed E-state index contributed by atoms with van der Waals surface area (Å²) < 4.78 is 16.9. The molecule has 0 fully saturated rings. The van der Waals surface area contributed by atoms with Crippen LogP contribution in [0.3, 0.4) is 0 Å². The summed E-state index contributed by atoms with van der Waals surface area (Å²) in [6.45, 7) is 6.60. The minimum atomic E-state index is -0.789. The second-order valence-corrected chi connectivity index (χ2v) is 22.4. The number of carbonyl (C=O) groups excluding carboxylic acids is 3. The lowest BCUT2D eigenvalue weighted by Crippen LogP contribution is -2.30. The zero-order chi connectivity index (χ0) is 56.4. The van der Waals surface area contributed by atoms with Crippen LogP contribution >= 0.6 is 0 Å². The van der Waals surface area contributed by atoms with Crippen LogP contribution in [0.4, 0.5) is 0 Å². The first-order valence-corrected chi connectivity index (χ1v) is 33.6. The van der Waals surface area contributed by atoms with Crippen molar-refractivity contribution in [2.24, 2.45) is 0 Å². The van der Waals surface area contributed by atoms with Crippen LogP contribution in [0.2, 0.25) is 0 Å². The first-order valence-electron chi connectivity index (χ1n) is 33.6. The molecule has 0 radical (unpaired) electrons. The fourth-order valence-electron chi connectivity index (χ4n) is 9.51. The Hall–Kier alpha value is -3.41. The summed E-state index contributed by atoms with van der Waals surface area (Å²) in [4.78, 5) is 38.3. The molecule has 0 spiro atoms. The zero-order valence-electron chi connectivity index (χ0n) is 51.7. The molecule has 0 bridgehead atoms.